The van der Waals surface area contributed by atoms with Gasteiger partial charge < -0.3 is 15.0 Å². The van der Waals surface area contributed by atoms with Crippen molar-refractivity contribution in [3.63, 3.8) is 0 Å². The first-order valence-electron chi connectivity index (χ1n) is 7.68. The lowest BCUT2D eigenvalue weighted by molar-refractivity contribution is 0.343. The molecule has 1 heterocycles. The number of aromatic nitrogens is 2. The van der Waals surface area contributed by atoms with Crippen LogP contribution in [0.25, 0.3) is 11.0 Å². The third-order valence-corrected chi connectivity index (χ3v) is 5.76. The fourth-order valence-corrected chi connectivity index (χ4v) is 3.58. The van der Waals surface area contributed by atoms with Crippen molar-refractivity contribution >= 4 is 17.0 Å². The highest BCUT2D eigenvalue weighted by atomic mass is 16.5. The van der Waals surface area contributed by atoms with E-state index in [0.717, 1.165) is 23.3 Å². The molecule has 1 aliphatic carbocycles. The van der Waals surface area contributed by atoms with Gasteiger partial charge in [0, 0.05) is 6.54 Å². The van der Waals surface area contributed by atoms with E-state index in [1.807, 2.05) is 19.1 Å². The highest BCUT2D eigenvalue weighted by Crippen LogP contribution is 2.69. The minimum absolute atomic E-state index is 0.341. The summed E-state index contributed by atoms with van der Waals surface area (Å²) in [6.45, 7) is 12.9. The summed E-state index contributed by atoms with van der Waals surface area (Å²) in [5, 5.41) is 0. The fraction of sp³-hybridized carbons (Fsp3) is 0.588. The van der Waals surface area contributed by atoms with Crippen LogP contribution in [0.15, 0.2) is 18.2 Å². The average Bonchev–Trinajstić information content (AvgIpc) is 2.68. The normalized spacial score (nSPS) is 19.9. The first-order valence-corrected chi connectivity index (χ1v) is 7.68. The molecule has 4 heteroatoms. The minimum atomic E-state index is 0.341. The Balaban J connectivity index is 2.01. The van der Waals surface area contributed by atoms with Gasteiger partial charge in [-0.3, -0.25) is 0 Å². The molecule has 1 aromatic carbocycles. The quantitative estimate of drug-likeness (QED) is 0.933. The maximum Gasteiger partial charge on any atom is 0.201 e. The molecule has 1 aliphatic rings. The van der Waals surface area contributed by atoms with Crippen molar-refractivity contribution < 1.29 is 4.74 Å². The first kappa shape index (κ1) is 14.2. The zero-order valence-electron chi connectivity index (χ0n) is 13.6. The number of imidazole rings is 1. The van der Waals surface area contributed by atoms with E-state index >= 15 is 0 Å². The van der Waals surface area contributed by atoms with E-state index in [4.69, 9.17) is 10.5 Å². The van der Waals surface area contributed by atoms with Gasteiger partial charge in [-0.05, 0) is 35.8 Å². The van der Waals surface area contributed by atoms with Gasteiger partial charge in [0.05, 0.1) is 12.1 Å². The molecule has 1 fully saturated rings. The Morgan fingerprint density at radius 2 is 1.90 bits per heavy atom. The number of nitrogens with zero attached hydrogens (tertiary/aromatic N) is 2. The molecule has 4 nitrogen and oxygen atoms in total. The number of hydrogen-bond donors (Lipinski definition) is 1. The van der Waals surface area contributed by atoms with Crippen molar-refractivity contribution in [1.29, 1.82) is 0 Å². The van der Waals surface area contributed by atoms with Gasteiger partial charge in [-0.2, -0.15) is 0 Å². The van der Waals surface area contributed by atoms with Gasteiger partial charge in [0.25, 0.3) is 0 Å². The Morgan fingerprint density at radius 1 is 1.24 bits per heavy atom. The Morgan fingerprint density at radius 3 is 2.48 bits per heavy atom. The lowest BCUT2D eigenvalue weighted by atomic mass is 10.0. The third kappa shape index (κ3) is 1.92. The molecular weight excluding hydrogens is 262 g/mol. The molecule has 3 rings (SSSR count). The topological polar surface area (TPSA) is 53.1 Å². The lowest BCUT2D eigenvalue weighted by Gasteiger charge is -2.08. The van der Waals surface area contributed by atoms with E-state index in [9.17, 15) is 0 Å². The summed E-state index contributed by atoms with van der Waals surface area (Å²) in [5.41, 5.74) is 8.78. The number of para-hydroxylation sites is 1. The van der Waals surface area contributed by atoms with Crippen molar-refractivity contribution in [2.45, 2.75) is 41.2 Å². The van der Waals surface area contributed by atoms with E-state index in [-0.39, 0.29) is 0 Å². The fourth-order valence-electron chi connectivity index (χ4n) is 3.58. The highest BCUT2D eigenvalue weighted by molar-refractivity contribution is 5.84. The minimum Gasteiger partial charge on any atom is -0.492 e. The molecule has 0 atom stereocenters. The van der Waals surface area contributed by atoms with Gasteiger partial charge in [0.2, 0.25) is 5.95 Å². The van der Waals surface area contributed by atoms with Crippen LogP contribution in [-0.2, 0) is 6.54 Å². The zero-order valence-corrected chi connectivity index (χ0v) is 13.6. The second-order valence-electron chi connectivity index (χ2n) is 7.13. The maximum absolute atomic E-state index is 6.17. The van der Waals surface area contributed by atoms with Gasteiger partial charge in [-0.1, -0.05) is 33.8 Å². The van der Waals surface area contributed by atoms with Gasteiger partial charge in [-0.15, -0.1) is 0 Å². The van der Waals surface area contributed by atoms with Crippen molar-refractivity contribution in [2.24, 2.45) is 16.7 Å². The molecule has 1 saturated carbocycles. The lowest BCUT2D eigenvalue weighted by Crippen LogP contribution is -2.08. The molecular formula is C17H25N3O. The number of fused-ring (bicyclic) bond motifs is 1. The number of anilines is 1. The largest absolute Gasteiger partial charge is 0.492 e. The Kier molecular flexibility index (Phi) is 2.98. The molecule has 114 valence electrons. The van der Waals surface area contributed by atoms with Gasteiger partial charge >= 0.3 is 0 Å². The Labute approximate surface area is 126 Å². The van der Waals surface area contributed by atoms with Crippen LogP contribution in [0.3, 0.4) is 0 Å². The number of rotatable bonds is 4. The monoisotopic (exact) mass is 287 g/mol. The predicted molar refractivity (Wildman–Crippen MR) is 86.4 cm³/mol. The summed E-state index contributed by atoms with van der Waals surface area (Å²) in [5.74, 6) is 2.01. The molecule has 1 aromatic heterocycles. The smallest absolute Gasteiger partial charge is 0.201 e. The van der Waals surface area contributed by atoms with Crippen LogP contribution in [0.2, 0.25) is 0 Å². The molecule has 0 spiro atoms. The van der Waals surface area contributed by atoms with Crippen molar-refractivity contribution in [3.05, 3.63) is 18.2 Å². The average molecular weight is 287 g/mol. The van der Waals surface area contributed by atoms with Gasteiger partial charge in [0.15, 0.2) is 0 Å². The molecule has 21 heavy (non-hydrogen) atoms. The maximum atomic E-state index is 6.17. The summed E-state index contributed by atoms with van der Waals surface area (Å²) in [6.07, 6.45) is 0. The van der Waals surface area contributed by atoms with E-state index in [0.29, 0.717) is 29.3 Å². The highest BCUT2D eigenvalue weighted by Gasteiger charge is 2.64. The SMILES string of the molecule is CCOc1cccc2c1nc(N)n2CC1C(C)(C)C1(C)C. The molecule has 0 bridgehead atoms. The van der Waals surface area contributed by atoms with Crippen molar-refractivity contribution in [1.82, 2.24) is 9.55 Å². The number of nitrogen functional groups attached to an aromatic ring is 1. The van der Waals surface area contributed by atoms with Crippen molar-refractivity contribution in [3.8, 4) is 5.75 Å². The van der Waals surface area contributed by atoms with Crippen LogP contribution in [0, 0.1) is 16.7 Å². The van der Waals surface area contributed by atoms with Gasteiger partial charge in [0.1, 0.15) is 11.3 Å². The number of nitrogens with two attached hydrogens (primary N) is 1. The number of ether oxygens (including phenoxy) is 1. The summed E-state index contributed by atoms with van der Waals surface area (Å²) < 4.78 is 7.80. The van der Waals surface area contributed by atoms with E-state index in [1.165, 1.54) is 0 Å². The molecule has 0 radical (unpaired) electrons. The summed E-state index contributed by atoms with van der Waals surface area (Å²) in [7, 11) is 0. The standard InChI is InChI=1S/C17H25N3O/c1-6-21-12-9-7-8-11-14(12)19-15(18)20(11)10-13-16(2,3)17(13,4)5/h7-9,13H,6,10H2,1-5H3,(H2,18,19). The van der Waals surface area contributed by atoms with Crippen LogP contribution >= 0.6 is 0 Å². The van der Waals surface area contributed by atoms with Gasteiger partial charge in [-0.25, -0.2) is 4.98 Å². The van der Waals surface area contributed by atoms with E-state index < -0.39 is 0 Å². The summed E-state index contributed by atoms with van der Waals surface area (Å²) in [6, 6.07) is 6.03. The van der Waals surface area contributed by atoms with Crippen molar-refractivity contribution in [2.75, 3.05) is 12.3 Å². The number of benzene rings is 1. The molecule has 0 aliphatic heterocycles. The van der Waals surface area contributed by atoms with E-state index in [1.54, 1.807) is 0 Å². The second kappa shape index (κ2) is 4.39. The molecule has 0 amide bonds. The zero-order chi connectivity index (χ0) is 15.4. The van der Waals surface area contributed by atoms with Crippen LogP contribution in [-0.4, -0.2) is 16.2 Å². The molecule has 0 saturated heterocycles. The first-order chi connectivity index (χ1) is 9.80. The predicted octanol–water partition coefficient (Wildman–Crippen LogP) is 3.70. The Hall–Kier alpha value is -1.71. The van der Waals surface area contributed by atoms with Crippen LogP contribution < -0.4 is 10.5 Å². The van der Waals surface area contributed by atoms with E-state index in [2.05, 4.69) is 43.3 Å². The molecule has 2 aromatic rings. The van der Waals surface area contributed by atoms with Crippen LogP contribution in [0.5, 0.6) is 5.75 Å². The van der Waals surface area contributed by atoms with Crippen LogP contribution in [0.4, 0.5) is 5.95 Å². The molecule has 0 unspecified atom stereocenters. The third-order valence-electron chi connectivity index (χ3n) is 5.76. The number of hydrogen-bond acceptors (Lipinski definition) is 3. The summed E-state index contributed by atoms with van der Waals surface area (Å²) >= 11 is 0. The van der Waals surface area contributed by atoms with Crippen LogP contribution in [0.1, 0.15) is 34.6 Å². The molecule has 2 N–H and O–H groups in total. The summed E-state index contributed by atoms with van der Waals surface area (Å²) in [4.78, 5) is 4.52. The second-order valence-corrected chi connectivity index (χ2v) is 7.13. The Bertz CT molecular complexity index is 671.